The Morgan fingerprint density at radius 1 is 1.10 bits per heavy atom. The van der Waals surface area contributed by atoms with Gasteiger partial charge in [0.1, 0.15) is 0 Å². The van der Waals surface area contributed by atoms with Gasteiger partial charge in [-0.1, -0.05) is 29.3 Å². The largest absolute Gasteiger partial charge is 0.313 e. The van der Waals surface area contributed by atoms with Crippen LogP contribution in [0, 0.1) is 5.92 Å². The van der Waals surface area contributed by atoms with Crippen molar-refractivity contribution >= 4 is 23.2 Å². The van der Waals surface area contributed by atoms with Crippen molar-refractivity contribution in [2.75, 3.05) is 19.6 Å². The number of nitrogens with zero attached hydrogens (tertiary/aromatic N) is 1. The SMILES string of the molecule is Clc1ccc(CN(CC2CC2)CC2CCCN2)cc1Cl. The molecule has 2 aliphatic rings. The maximum absolute atomic E-state index is 6.12. The highest BCUT2D eigenvalue weighted by Crippen LogP contribution is 2.31. The molecule has 4 heteroatoms. The highest BCUT2D eigenvalue weighted by molar-refractivity contribution is 6.42. The van der Waals surface area contributed by atoms with Gasteiger partial charge in [-0.15, -0.1) is 0 Å². The second-order valence-electron chi connectivity index (χ2n) is 6.18. The Hall–Kier alpha value is -0.280. The maximum atomic E-state index is 6.12. The zero-order valence-corrected chi connectivity index (χ0v) is 13.3. The summed E-state index contributed by atoms with van der Waals surface area (Å²) >= 11 is 12.1. The van der Waals surface area contributed by atoms with Crippen molar-refractivity contribution in [2.24, 2.45) is 5.92 Å². The highest BCUT2D eigenvalue weighted by Gasteiger charge is 2.26. The summed E-state index contributed by atoms with van der Waals surface area (Å²) in [7, 11) is 0. The van der Waals surface area contributed by atoms with Crippen LogP contribution in [0.15, 0.2) is 18.2 Å². The van der Waals surface area contributed by atoms with E-state index >= 15 is 0 Å². The van der Waals surface area contributed by atoms with E-state index in [2.05, 4.69) is 16.3 Å². The fourth-order valence-corrected chi connectivity index (χ4v) is 3.31. The minimum absolute atomic E-state index is 0.640. The Kier molecular flexibility index (Phi) is 4.87. The number of hydrogen-bond acceptors (Lipinski definition) is 2. The number of rotatable bonds is 6. The van der Waals surface area contributed by atoms with Crippen LogP contribution in [-0.4, -0.2) is 30.6 Å². The molecule has 1 aromatic carbocycles. The third kappa shape index (κ3) is 4.11. The van der Waals surface area contributed by atoms with E-state index in [1.807, 2.05) is 12.1 Å². The minimum Gasteiger partial charge on any atom is -0.313 e. The molecule has 0 spiro atoms. The van der Waals surface area contributed by atoms with Crippen molar-refractivity contribution in [1.82, 2.24) is 10.2 Å². The predicted octanol–water partition coefficient (Wildman–Crippen LogP) is 3.96. The average molecular weight is 313 g/mol. The number of hydrogen-bond donors (Lipinski definition) is 1. The smallest absolute Gasteiger partial charge is 0.0595 e. The van der Waals surface area contributed by atoms with Crippen molar-refractivity contribution in [3.8, 4) is 0 Å². The maximum Gasteiger partial charge on any atom is 0.0595 e. The summed E-state index contributed by atoms with van der Waals surface area (Å²) in [5, 5.41) is 4.90. The molecule has 1 saturated heterocycles. The molecule has 0 aromatic heterocycles. The van der Waals surface area contributed by atoms with E-state index in [1.165, 1.54) is 44.3 Å². The molecule has 1 heterocycles. The summed E-state index contributed by atoms with van der Waals surface area (Å²) in [4.78, 5) is 2.58. The van der Waals surface area contributed by atoms with Crippen LogP contribution in [0.2, 0.25) is 10.0 Å². The lowest BCUT2D eigenvalue weighted by Crippen LogP contribution is -2.38. The van der Waals surface area contributed by atoms with Crippen molar-refractivity contribution in [2.45, 2.75) is 38.3 Å². The van der Waals surface area contributed by atoms with E-state index in [1.54, 1.807) is 0 Å². The first-order chi connectivity index (χ1) is 9.70. The molecule has 110 valence electrons. The minimum atomic E-state index is 0.640. The first-order valence-electron chi connectivity index (χ1n) is 7.60. The first kappa shape index (κ1) is 14.6. The van der Waals surface area contributed by atoms with Gasteiger partial charge in [-0.05, 0) is 55.8 Å². The molecular formula is C16H22Cl2N2. The Balaban J connectivity index is 1.62. The second-order valence-corrected chi connectivity index (χ2v) is 6.99. The molecule has 2 fully saturated rings. The van der Waals surface area contributed by atoms with E-state index in [0.29, 0.717) is 16.1 Å². The summed E-state index contributed by atoms with van der Waals surface area (Å²) in [5.41, 5.74) is 1.26. The lowest BCUT2D eigenvalue weighted by atomic mass is 10.1. The van der Waals surface area contributed by atoms with Gasteiger partial charge >= 0.3 is 0 Å². The molecular weight excluding hydrogens is 291 g/mol. The van der Waals surface area contributed by atoms with Crippen molar-refractivity contribution < 1.29 is 0 Å². The van der Waals surface area contributed by atoms with E-state index in [0.717, 1.165) is 19.0 Å². The summed E-state index contributed by atoms with van der Waals surface area (Å²) in [6.45, 7) is 4.52. The molecule has 20 heavy (non-hydrogen) atoms. The van der Waals surface area contributed by atoms with E-state index in [4.69, 9.17) is 23.2 Å². The normalized spacial score (nSPS) is 22.6. The van der Waals surface area contributed by atoms with Crippen LogP contribution in [0.3, 0.4) is 0 Å². The summed E-state index contributed by atoms with van der Waals surface area (Å²) in [5.74, 6) is 0.916. The van der Waals surface area contributed by atoms with Gasteiger partial charge in [0.05, 0.1) is 10.0 Å². The van der Waals surface area contributed by atoms with Crippen LogP contribution in [0.25, 0.3) is 0 Å². The van der Waals surface area contributed by atoms with Gasteiger partial charge in [0, 0.05) is 25.7 Å². The molecule has 1 atom stereocenters. The molecule has 0 amide bonds. The van der Waals surface area contributed by atoms with Gasteiger partial charge in [-0.2, -0.15) is 0 Å². The molecule has 3 rings (SSSR count). The molecule has 2 nitrogen and oxygen atoms in total. The van der Waals surface area contributed by atoms with Crippen LogP contribution >= 0.6 is 23.2 Å². The molecule has 1 N–H and O–H groups in total. The van der Waals surface area contributed by atoms with E-state index in [9.17, 15) is 0 Å². The van der Waals surface area contributed by atoms with Gasteiger partial charge in [0.2, 0.25) is 0 Å². The highest BCUT2D eigenvalue weighted by atomic mass is 35.5. The molecule has 1 aromatic rings. The topological polar surface area (TPSA) is 15.3 Å². The van der Waals surface area contributed by atoms with Crippen LogP contribution in [-0.2, 0) is 6.54 Å². The Morgan fingerprint density at radius 3 is 2.60 bits per heavy atom. The number of nitrogens with one attached hydrogen (secondary N) is 1. The van der Waals surface area contributed by atoms with E-state index < -0.39 is 0 Å². The van der Waals surface area contributed by atoms with Crippen LogP contribution < -0.4 is 5.32 Å². The Bertz CT molecular complexity index is 454. The second kappa shape index (κ2) is 6.65. The van der Waals surface area contributed by atoms with Gasteiger partial charge in [-0.3, -0.25) is 4.90 Å². The average Bonchev–Trinajstić information content (AvgIpc) is 3.08. The third-order valence-electron chi connectivity index (χ3n) is 4.24. The zero-order valence-electron chi connectivity index (χ0n) is 11.7. The molecule has 0 bridgehead atoms. The summed E-state index contributed by atoms with van der Waals surface area (Å²) in [6.07, 6.45) is 5.42. The van der Waals surface area contributed by atoms with Gasteiger partial charge < -0.3 is 5.32 Å². The molecule has 1 aliphatic carbocycles. The summed E-state index contributed by atoms with van der Waals surface area (Å²) < 4.78 is 0. The Morgan fingerprint density at radius 2 is 1.95 bits per heavy atom. The van der Waals surface area contributed by atoms with Crippen molar-refractivity contribution in [1.29, 1.82) is 0 Å². The fourth-order valence-electron chi connectivity index (χ4n) is 2.99. The molecule has 1 aliphatic heterocycles. The Labute approximate surface area is 131 Å². The lowest BCUT2D eigenvalue weighted by molar-refractivity contribution is 0.232. The molecule has 1 saturated carbocycles. The number of benzene rings is 1. The number of halogens is 2. The third-order valence-corrected chi connectivity index (χ3v) is 4.98. The van der Waals surface area contributed by atoms with Crippen molar-refractivity contribution in [3.63, 3.8) is 0 Å². The van der Waals surface area contributed by atoms with Gasteiger partial charge in [-0.25, -0.2) is 0 Å². The van der Waals surface area contributed by atoms with E-state index in [-0.39, 0.29) is 0 Å². The predicted molar refractivity (Wildman–Crippen MR) is 85.5 cm³/mol. The monoisotopic (exact) mass is 312 g/mol. The standard InChI is InChI=1S/C16H22Cl2N2/c17-15-6-5-13(8-16(15)18)10-20(9-12-3-4-12)11-14-2-1-7-19-14/h5-6,8,12,14,19H,1-4,7,9-11H2. The van der Waals surface area contributed by atoms with Crippen LogP contribution in [0.4, 0.5) is 0 Å². The van der Waals surface area contributed by atoms with Crippen LogP contribution in [0.5, 0.6) is 0 Å². The fraction of sp³-hybridized carbons (Fsp3) is 0.625. The quantitative estimate of drug-likeness (QED) is 0.855. The van der Waals surface area contributed by atoms with Crippen molar-refractivity contribution in [3.05, 3.63) is 33.8 Å². The summed E-state index contributed by atoms with van der Waals surface area (Å²) in [6, 6.07) is 6.67. The molecule has 0 radical (unpaired) electrons. The first-order valence-corrected chi connectivity index (χ1v) is 8.36. The van der Waals surface area contributed by atoms with Gasteiger partial charge in [0.15, 0.2) is 0 Å². The molecule has 1 unspecified atom stereocenters. The zero-order chi connectivity index (χ0) is 13.9. The lowest BCUT2D eigenvalue weighted by Gasteiger charge is -2.26. The van der Waals surface area contributed by atoms with Gasteiger partial charge in [0.25, 0.3) is 0 Å². The van der Waals surface area contributed by atoms with Crippen LogP contribution in [0.1, 0.15) is 31.2 Å².